The molecule has 1 aliphatic rings. The summed E-state index contributed by atoms with van der Waals surface area (Å²) in [6, 6.07) is 23.9. The van der Waals surface area contributed by atoms with Gasteiger partial charge in [0, 0.05) is 51.3 Å². The van der Waals surface area contributed by atoms with E-state index in [0.29, 0.717) is 28.2 Å². The van der Waals surface area contributed by atoms with E-state index < -0.39 is 0 Å². The molecule has 1 fully saturated rings. The molecule has 0 saturated carbocycles. The zero-order valence-electron chi connectivity index (χ0n) is 22.5. The molecule has 1 aromatic heterocycles. The molecule has 1 unspecified atom stereocenters. The predicted octanol–water partition coefficient (Wildman–Crippen LogP) is 6.70. The summed E-state index contributed by atoms with van der Waals surface area (Å²) in [6.45, 7) is 3.61. The number of piperidine rings is 1. The molecule has 8 heteroatoms. The lowest BCUT2D eigenvalue weighted by Gasteiger charge is -2.34. The second-order valence-corrected chi connectivity index (χ2v) is 11.3. The molecule has 1 saturated heterocycles. The number of para-hydroxylation sites is 2. The Morgan fingerprint density at radius 2 is 1.74 bits per heavy atom. The number of nitrogens with zero attached hydrogens (tertiary/aromatic N) is 4. The molecule has 39 heavy (non-hydrogen) atoms. The Morgan fingerprint density at radius 3 is 2.46 bits per heavy atom. The Balaban J connectivity index is 1.20. The van der Waals surface area contributed by atoms with E-state index in [2.05, 4.69) is 34.0 Å². The van der Waals surface area contributed by atoms with Gasteiger partial charge in [0.05, 0.1) is 21.1 Å². The lowest BCUT2D eigenvalue weighted by Crippen LogP contribution is -2.40. The second-order valence-electron chi connectivity index (χ2n) is 10.5. The molecule has 204 valence electrons. The number of carbonyl (C=O) groups excluding carboxylic acids is 1. The number of halogens is 2. The van der Waals surface area contributed by atoms with Crippen molar-refractivity contribution in [3.8, 4) is 0 Å². The Labute approximate surface area is 240 Å². The molecule has 1 amide bonds. The van der Waals surface area contributed by atoms with E-state index in [4.69, 9.17) is 28.2 Å². The number of nitrogens with one attached hydrogen (secondary N) is 1. The maximum absolute atomic E-state index is 13.1. The van der Waals surface area contributed by atoms with Crippen molar-refractivity contribution < 1.29 is 4.79 Å². The van der Waals surface area contributed by atoms with Gasteiger partial charge in [-0.15, -0.1) is 0 Å². The number of rotatable bonds is 9. The fourth-order valence-corrected chi connectivity index (χ4v) is 5.75. The average Bonchev–Trinajstić information content (AvgIpc) is 3.28. The highest BCUT2D eigenvalue weighted by Crippen LogP contribution is 2.30. The molecule has 4 aromatic rings. The summed E-state index contributed by atoms with van der Waals surface area (Å²) < 4.78 is 2.14. The largest absolute Gasteiger partial charge is 0.353 e. The number of aromatic nitrogens is 2. The average molecular weight is 565 g/mol. The number of likely N-dealkylation sites (tertiary alicyclic amines) is 1. The van der Waals surface area contributed by atoms with E-state index in [0.717, 1.165) is 61.4 Å². The van der Waals surface area contributed by atoms with Gasteiger partial charge in [-0.3, -0.25) is 4.79 Å². The first-order valence-electron chi connectivity index (χ1n) is 13.5. The van der Waals surface area contributed by atoms with E-state index in [-0.39, 0.29) is 11.8 Å². The lowest BCUT2D eigenvalue weighted by molar-refractivity contribution is 0.0782. The zero-order valence-corrected chi connectivity index (χ0v) is 24.0. The molecular weight excluding hydrogens is 529 g/mol. The monoisotopic (exact) mass is 563 g/mol. The van der Waals surface area contributed by atoms with Gasteiger partial charge in [0.15, 0.2) is 0 Å². The van der Waals surface area contributed by atoms with E-state index in [9.17, 15) is 4.79 Å². The van der Waals surface area contributed by atoms with Gasteiger partial charge < -0.3 is 19.7 Å². The van der Waals surface area contributed by atoms with Crippen LogP contribution in [0.1, 0.15) is 41.1 Å². The number of benzene rings is 3. The third-order valence-corrected chi connectivity index (χ3v) is 8.52. The first-order valence-corrected chi connectivity index (χ1v) is 14.3. The van der Waals surface area contributed by atoms with Gasteiger partial charge in [0.25, 0.3) is 5.91 Å². The van der Waals surface area contributed by atoms with Crippen molar-refractivity contribution in [3.63, 3.8) is 0 Å². The van der Waals surface area contributed by atoms with Crippen molar-refractivity contribution in [2.24, 2.45) is 7.05 Å². The number of amides is 1. The van der Waals surface area contributed by atoms with Gasteiger partial charge in [0.2, 0.25) is 5.95 Å². The molecule has 1 aliphatic heterocycles. The van der Waals surface area contributed by atoms with Crippen LogP contribution in [0.15, 0.2) is 72.8 Å². The molecule has 1 N–H and O–H groups in total. The first-order chi connectivity index (χ1) is 18.9. The maximum atomic E-state index is 13.1. The van der Waals surface area contributed by atoms with Crippen LogP contribution in [0.2, 0.25) is 10.0 Å². The summed E-state index contributed by atoms with van der Waals surface area (Å²) >= 11 is 12.6. The maximum Gasteiger partial charge on any atom is 0.253 e. The van der Waals surface area contributed by atoms with Crippen LogP contribution in [-0.4, -0.2) is 64.5 Å². The Bertz CT molecular complexity index is 1420. The normalized spacial score (nSPS) is 15.4. The van der Waals surface area contributed by atoms with Crippen LogP contribution in [0.4, 0.5) is 5.95 Å². The fourth-order valence-electron chi connectivity index (χ4n) is 5.44. The number of fused-ring (bicyclic) bond motifs is 1. The molecule has 5 rings (SSSR count). The summed E-state index contributed by atoms with van der Waals surface area (Å²) in [6.07, 6.45) is 3.05. The van der Waals surface area contributed by atoms with Gasteiger partial charge >= 0.3 is 0 Å². The molecule has 3 aromatic carbocycles. The molecular formula is C31H35Cl2N5O. The van der Waals surface area contributed by atoms with Crippen LogP contribution in [0, 0.1) is 0 Å². The van der Waals surface area contributed by atoms with Crippen molar-refractivity contribution in [1.82, 2.24) is 19.4 Å². The number of hydrogen-bond acceptors (Lipinski definition) is 4. The Morgan fingerprint density at radius 1 is 1.03 bits per heavy atom. The van der Waals surface area contributed by atoms with Crippen LogP contribution in [-0.2, 0) is 7.05 Å². The molecule has 0 aliphatic carbocycles. The molecule has 2 heterocycles. The number of hydrogen-bond donors (Lipinski definition) is 1. The molecule has 1 atom stereocenters. The number of aryl methyl sites for hydroxylation is 1. The van der Waals surface area contributed by atoms with Gasteiger partial charge in [0.1, 0.15) is 0 Å². The van der Waals surface area contributed by atoms with Crippen molar-refractivity contribution in [3.05, 3.63) is 94.0 Å². The first kappa shape index (κ1) is 27.5. The van der Waals surface area contributed by atoms with Crippen molar-refractivity contribution in [2.75, 3.05) is 38.5 Å². The lowest BCUT2D eigenvalue weighted by atomic mass is 9.94. The predicted molar refractivity (Wildman–Crippen MR) is 161 cm³/mol. The minimum Gasteiger partial charge on any atom is -0.353 e. The van der Waals surface area contributed by atoms with Crippen LogP contribution < -0.4 is 5.32 Å². The van der Waals surface area contributed by atoms with Crippen LogP contribution in [0.5, 0.6) is 0 Å². The Hall–Kier alpha value is -3.06. The number of imidazole rings is 1. The van der Waals surface area contributed by atoms with Crippen LogP contribution >= 0.6 is 23.2 Å². The van der Waals surface area contributed by atoms with Crippen molar-refractivity contribution in [2.45, 2.75) is 31.2 Å². The summed E-state index contributed by atoms with van der Waals surface area (Å²) in [4.78, 5) is 22.2. The summed E-state index contributed by atoms with van der Waals surface area (Å²) in [5, 5.41) is 4.76. The van der Waals surface area contributed by atoms with Gasteiger partial charge in [-0.2, -0.15) is 0 Å². The fraction of sp³-hybridized carbons (Fsp3) is 0.355. The highest BCUT2D eigenvalue weighted by atomic mass is 35.5. The third-order valence-electron chi connectivity index (χ3n) is 7.78. The van der Waals surface area contributed by atoms with Crippen LogP contribution in [0.25, 0.3) is 11.0 Å². The molecule has 0 bridgehead atoms. The molecule has 0 spiro atoms. The van der Waals surface area contributed by atoms with E-state index in [1.54, 1.807) is 0 Å². The number of likely N-dealkylation sites (N-methyl/N-ethyl adjacent to an activating group) is 1. The Kier molecular flexibility index (Phi) is 8.75. The minimum absolute atomic E-state index is 0.0227. The second kappa shape index (κ2) is 12.4. The summed E-state index contributed by atoms with van der Waals surface area (Å²) in [7, 11) is 3.94. The smallest absolute Gasteiger partial charge is 0.253 e. The van der Waals surface area contributed by atoms with E-state index in [1.165, 1.54) is 0 Å². The topological polar surface area (TPSA) is 53.4 Å². The quantitative estimate of drug-likeness (QED) is 0.246. The summed E-state index contributed by atoms with van der Waals surface area (Å²) in [5.74, 6) is 1.10. The van der Waals surface area contributed by atoms with E-state index in [1.807, 2.05) is 72.6 Å². The van der Waals surface area contributed by atoms with E-state index >= 15 is 0 Å². The van der Waals surface area contributed by atoms with Crippen LogP contribution in [0.3, 0.4) is 0 Å². The highest BCUT2D eigenvalue weighted by molar-refractivity contribution is 6.42. The van der Waals surface area contributed by atoms with Gasteiger partial charge in [-0.05, 0) is 67.8 Å². The SMILES string of the molecule is CN(CC(CCN1CCC(Nc2nc3ccccc3n2C)CC1)c1ccc(Cl)c(Cl)c1)C(=O)c1ccccc1. The molecule has 0 radical (unpaired) electrons. The third kappa shape index (κ3) is 6.57. The minimum atomic E-state index is 0.0227. The standard InChI is InChI=1S/C31H35Cl2N5O/c1-36(30(39)22-8-4-3-5-9-22)21-24(23-12-13-26(32)27(33)20-23)14-17-38-18-15-25(16-19-38)34-31-35-28-10-6-7-11-29(28)37(31)2/h3-13,20,24-25H,14-19,21H2,1-2H3,(H,34,35). The summed E-state index contributed by atoms with van der Waals surface area (Å²) in [5.41, 5.74) is 3.96. The highest BCUT2D eigenvalue weighted by Gasteiger charge is 2.24. The zero-order chi connectivity index (χ0) is 27.4. The number of anilines is 1. The molecule has 6 nitrogen and oxygen atoms in total. The van der Waals surface area contributed by atoms with Crippen molar-refractivity contribution in [1.29, 1.82) is 0 Å². The number of carbonyl (C=O) groups is 1. The van der Waals surface area contributed by atoms with Crippen molar-refractivity contribution >= 4 is 46.1 Å². The van der Waals surface area contributed by atoms with Gasteiger partial charge in [-0.1, -0.05) is 59.6 Å². The van der Waals surface area contributed by atoms with Gasteiger partial charge in [-0.25, -0.2) is 4.98 Å².